The lowest BCUT2D eigenvalue weighted by molar-refractivity contribution is 0.210. The zero-order valence-corrected chi connectivity index (χ0v) is 14.9. The molecule has 0 unspecified atom stereocenters. The van der Waals surface area contributed by atoms with Crippen LogP contribution >= 0.6 is 0 Å². The maximum absolute atomic E-state index is 13.4. The first-order valence-corrected chi connectivity index (χ1v) is 8.68. The Balaban J connectivity index is 1.92. The summed E-state index contributed by atoms with van der Waals surface area (Å²) in [7, 11) is 1.66. The summed E-state index contributed by atoms with van der Waals surface area (Å²) < 4.78 is 20.5. The average molecular weight is 362 g/mol. The van der Waals surface area contributed by atoms with E-state index in [0.29, 0.717) is 13.2 Å². The van der Waals surface area contributed by atoms with E-state index in [1.54, 1.807) is 19.2 Å². The third-order valence-electron chi connectivity index (χ3n) is 4.37. The van der Waals surface area contributed by atoms with Gasteiger partial charge in [-0.2, -0.15) is 0 Å². The lowest BCUT2D eigenvalue weighted by atomic mass is 10.1. The molecule has 4 aromatic rings. The fourth-order valence-corrected chi connectivity index (χ4v) is 3.10. The summed E-state index contributed by atoms with van der Waals surface area (Å²) >= 11 is 0. The van der Waals surface area contributed by atoms with Crippen molar-refractivity contribution in [3.8, 4) is 16.8 Å². The molecule has 0 spiro atoms. The number of fused-ring (bicyclic) bond motifs is 1. The van der Waals surface area contributed by atoms with Gasteiger partial charge in [-0.3, -0.25) is 0 Å². The van der Waals surface area contributed by atoms with E-state index >= 15 is 0 Å². The highest BCUT2D eigenvalue weighted by Gasteiger charge is 2.17. The molecule has 1 N–H and O–H groups in total. The predicted octanol–water partition coefficient (Wildman–Crippen LogP) is 4.28. The number of hydrogen-bond donors (Lipinski definition) is 1. The molecular weight excluding hydrogens is 343 g/mol. The lowest BCUT2D eigenvalue weighted by Crippen LogP contribution is -2.09. The lowest BCUT2D eigenvalue weighted by Gasteiger charge is -2.08. The zero-order valence-electron chi connectivity index (χ0n) is 14.9. The van der Waals surface area contributed by atoms with Crippen molar-refractivity contribution >= 4 is 16.9 Å². The molecule has 0 saturated heterocycles. The molecule has 0 atom stereocenters. The fourth-order valence-electron chi connectivity index (χ4n) is 3.10. The van der Waals surface area contributed by atoms with Crippen molar-refractivity contribution in [2.75, 3.05) is 25.6 Å². The minimum Gasteiger partial charge on any atom is -0.383 e. The number of benzene rings is 2. The molecule has 0 saturated carbocycles. The number of nitrogens with zero attached hydrogens (tertiary/aromatic N) is 3. The van der Waals surface area contributed by atoms with E-state index in [-0.39, 0.29) is 5.82 Å². The monoisotopic (exact) mass is 362 g/mol. The zero-order chi connectivity index (χ0) is 18.6. The Labute approximate surface area is 156 Å². The molecule has 0 aliphatic carbocycles. The molecule has 136 valence electrons. The van der Waals surface area contributed by atoms with Gasteiger partial charge in [-0.25, -0.2) is 14.4 Å². The quantitative estimate of drug-likeness (QED) is 0.520. The third kappa shape index (κ3) is 3.39. The molecule has 0 radical (unpaired) electrons. The van der Waals surface area contributed by atoms with Crippen LogP contribution in [0.25, 0.3) is 27.8 Å². The standard InChI is InChI=1S/C21H19FN4O/c1-27-12-11-23-20-19-18(15-5-3-2-4-6-15)13-26(21(19)25-14-24-20)17-9-7-16(22)8-10-17/h2-10,13-14H,11-12H2,1H3,(H,23,24,25). The van der Waals surface area contributed by atoms with E-state index < -0.39 is 0 Å². The van der Waals surface area contributed by atoms with Crippen LogP contribution in [0.2, 0.25) is 0 Å². The summed E-state index contributed by atoms with van der Waals surface area (Å²) in [6, 6.07) is 16.5. The second kappa shape index (κ2) is 7.55. The maximum atomic E-state index is 13.4. The summed E-state index contributed by atoms with van der Waals surface area (Å²) in [6.45, 7) is 1.21. The molecular formula is C21H19FN4O. The van der Waals surface area contributed by atoms with Gasteiger partial charge in [0.05, 0.1) is 12.0 Å². The Bertz CT molecular complexity index is 1050. The molecule has 6 heteroatoms. The first-order valence-electron chi connectivity index (χ1n) is 8.68. The van der Waals surface area contributed by atoms with E-state index in [2.05, 4.69) is 27.4 Å². The molecule has 0 aliphatic rings. The van der Waals surface area contributed by atoms with E-state index in [0.717, 1.165) is 33.7 Å². The van der Waals surface area contributed by atoms with Crippen molar-refractivity contribution in [3.63, 3.8) is 0 Å². The first-order chi connectivity index (χ1) is 13.3. The van der Waals surface area contributed by atoms with E-state index in [4.69, 9.17) is 4.74 Å². The van der Waals surface area contributed by atoms with E-state index in [1.807, 2.05) is 29.0 Å². The van der Waals surface area contributed by atoms with Crippen molar-refractivity contribution in [2.24, 2.45) is 0 Å². The van der Waals surface area contributed by atoms with Gasteiger partial charge in [-0.05, 0) is 29.8 Å². The van der Waals surface area contributed by atoms with Crippen molar-refractivity contribution in [2.45, 2.75) is 0 Å². The van der Waals surface area contributed by atoms with Crippen LogP contribution in [-0.2, 0) is 4.74 Å². The van der Waals surface area contributed by atoms with Gasteiger partial charge in [0.15, 0.2) is 5.65 Å². The van der Waals surface area contributed by atoms with Crippen molar-refractivity contribution < 1.29 is 9.13 Å². The van der Waals surface area contributed by atoms with Crippen molar-refractivity contribution in [1.29, 1.82) is 0 Å². The molecule has 27 heavy (non-hydrogen) atoms. The van der Waals surface area contributed by atoms with Gasteiger partial charge >= 0.3 is 0 Å². The average Bonchev–Trinajstić information content (AvgIpc) is 3.10. The van der Waals surface area contributed by atoms with Gasteiger partial charge < -0.3 is 14.6 Å². The van der Waals surface area contributed by atoms with Gasteiger partial charge in [-0.1, -0.05) is 30.3 Å². The topological polar surface area (TPSA) is 52.0 Å². The van der Waals surface area contributed by atoms with E-state index in [9.17, 15) is 4.39 Å². The van der Waals surface area contributed by atoms with Crippen LogP contribution in [0, 0.1) is 5.82 Å². The molecule has 5 nitrogen and oxygen atoms in total. The summed E-state index contributed by atoms with van der Waals surface area (Å²) in [6.07, 6.45) is 3.55. The Morgan fingerprint density at radius 2 is 1.81 bits per heavy atom. The van der Waals surface area contributed by atoms with Gasteiger partial charge in [0, 0.05) is 31.1 Å². The van der Waals surface area contributed by atoms with Gasteiger partial charge in [0.2, 0.25) is 0 Å². The second-order valence-corrected chi connectivity index (χ2v) is 6.10. The van der Waals surface area contributed by atoms with Crippen LogP contribution in [0.4, 0.5) is 10.2 Å². The number of anilines is 1. The molecule has 2 heterocycles. The highest BCUT2D eigenvalue weighted by molar-refractivity contribution is 6.02. The summed E-state index contributed by atoms with van der Waals surface area (Å²) in [5.74, 6) is 0.479. The molecule has 0 aliphatic heterocycles. The highest BCUT2D eigenvalue weighted by Crippen LogP contribution is 2.35. The predicted molar refractivity (Wildman–Crippen MR) is 105 cm³/mol. The summed E-state index contributed by atoms with van der Waals surface area (Å²) in [4.78, 5) is 8.94. The normalized spacial score (nSPS) is 11.0. The molecule has 0 fully saturated rings. The Kier molecular flexibility index (Phi) is 4.80. The van der Waals surface area contributed by atoms with Gasteiger partial charge in [-0.15, -0.1) is 0 Å². The Morgan fingerprint density at radius 3 is 2.56 bits per heavy atom. The largest absolute Gasteiger partial charge is 0.383 e. The minimum absolute atomic E-state index is 0.268. The van der Waals surface area contributed by atoms with Crippen molar-refractivity contribution in [1.82, 2.24) is 14.5 Å². The molecule has 4 rings (SSSR count). The maximum Gasteiger partial charge on any atom is 0.150 e. The van der Waals surface area contributed by atoms with Crippen LogP contribution in [0.1, 0.15) is 0 Å². The molecule has 0 bridgehead atoms. The van der Waals surface area contributed by atoms with Crippen LogP contribution < -0.4 is 5.32 Å². The minimum atomic E-state index is -0.268. The second-order valence-electron chi connectivity index (χ2n) is 6.10. The van der Waals surface area contributed by atoms with Crippen LogP contribution in [0.3, 0.4) is 0 Å². The fraction of sp³-hybridized carbons (Fsp3) is 0.143. The smallest absolute Gasteiger partial charge is 0.150 e. The number of nitrogens with one attached hydrogen (secondary N) is 1. The number of hydrogen-bond acceptors (Lipinski definition) is 4. The third-order valence-corrected chi connectivity index (χ3v) is 4.37. The van der Waals surface area contributed by atoms with Crippen LogP contribution in [0.5, 0.6) is 0 Å². The summed E-state index contributed by atoms with van der Waals surface area (Å²) in [5.41, 5.74) is 3.67. The SMILES string of the molecule is COCCNc1ncnc2c1c(-c1ccccc1)cn2-c1ccc(F)cc1. The number of rotatable bonds is 6. The van der Waals surface area contributed by atoms with Gasteiger partial charge in [0.25, 0.3) is 0 Å². The summed E-state index contributed by atoms with van der Waals surface area (Å²) in [5, 5.41) is 4.24. The van der Waals surface area contributed by atoms with Gasteiger partial charge in [0.1, 0.15) is 18.0 Å². The number of methoxy groups -OCH3 is 1. The number of ether oxygens (including phenoxy) is 1. The highest BCUT2D eigenvalue weighted by atomic mass is 19.1. The Morgan fingerprint density at radius 1 is 1.04 bits per heavy atom. The molecule has 2 aromatic heterocycles. The van der Waals surface area contributed by atoms with Crippen molar-refractivity contribution in [3.05, 3.63) is 72.9 Å². The number of aromatic nitrogens is 3. The Hall–Kier alpha value is -3.25. The number of halogens is 1. The molecule has 0 amide bonds. The van der Waals surface area contributed by atoms with Crippen LogP contribution in [-0.4, -0.2) is 34.8 Å². The van der Waals surface area contributed by atoms with E-state index in [1.165, 1.54) is 18.5 Å². The molecule has 2 aromatic carbocycles. The van der Waals surface area contributed by atoms with Crippen LogP contribution in [0.15, 0.2) is 67.1 Å². The first kappa shape index (κ1) is 17.2.